The van der Waals surface area contributed by atoms with Crippen molar-refractivity contribution in [2.45, 2.75) is 19.3 Å². The van der Waals surface area contributed by atoms with Crippen molar-refractivity contribution in [3.63, 3.8) is 0 Å². The van der Waals surface area contributed by atoms with Crippen molar-refractivity contribution in [2.75, 3.05) is 0 Å². The summed E-state index contributed by atoms with van der Waals surface area (Å²) < 4.78 is 11.2. The molecular weight excluding hydrogens is 1340 g/mol. The molecule has 0 amide bonds. The van der Waals surface area contributed by atoms with Crippen LogP contribution < -0.4 is 0 Å². The molecule has 24 rings (SSSR count). The molecule has 512 valence electrons. The van der Waals surface area contributed by atoms with Gasteiger partial charge in [0.25, 0.3) is 0 Å². The molecule has 0 bridgehead atoms. The molecular formula is C103H64N6O. The Morgan fingerprint density at radius 2 is 0.736 bits per heavy atom. The molecule has 0 spiro atoms. The number of fused-ring (bicyclic) bond motifs is 21. The molecule has 5 heterocycles. The van der Waals surface area contributed by atoms with Crippen molar-refractivity contribution in [3.05, 3.63) is 363 Å². The summed E-state index contributed by atoms with van der Waals surface area (Å²) >= 11 is 0. The summed E-state index contributed by atoms with van der Waals surface area (Å²) in [5, 5.41) is 23.7. The number of benzene rings is 18. The van der Waals surface area contributed by atoms with Gasteiger partial charge >= 0.3 is 0 Å². The van der Waals surface area contributed by atoms with Gasteiger partial charge in [-0.2, -0.15) is 0 Å². The molecule has 7 nitrogen and oxygen atoms in total. The van der Waals surface area contributed by atoms with Crippen LogP contribution in [0.1, 0.15) is 25.0 Å². The maximum atomic E-state index is 6.30. The van der Waals surface area contributed by atoms with Gasteiger partial charge in [-0.1, -0.05) is 263 Å². The molecule has 0 unspecified atom stereocenters. The van der Waals surface area contributed by atoms with Gasteiger partial charge in [-0.25, -0.2) is 19.9 Å². The van der Waals surface area contributed by atoms with E-state index in [4.69, 9.17) is 24.4 Å². The highest BCUT2D eigenvalue weighted by molar-refractivity contribution is 6.24. The predicted molar refractivity (Wildman–Crippen MR) is 459 cm³/mol. The number of hydrogen-bond donors (Lipinski definition) is 0. The molecule has 0 fully saturated rings. The van der Waals surface area contributed by atoms with Crippen molar-refractivity contribution in [3.8, 4) is 67.8 Å². The van der Waals surface area contributed by atoms with Crippen molar-refractivity contribution in [1.82, 2.24) is 29.1 Å². The molecule has 0 atom stereocenters. The van der Waals surface area contributed by atoms with Gasteiger partial charge in [-0.3, -0.25) is 0 Å². The first-order chi connectivity index (χ1) is 54.2. The monoisotopic (exact) mass is 1400 g/mol. The maximum Gasteiger partial charge on any atom is 0.160 e. The van der Waals surface area contributed by atoms with Crippen molar-refractivity contribution < 1.29 is 4.42 Å². The van der Waals surface area contributed by atoms with Gasteiger partial charge in [0.1, 0.15) is 11.2 Å². The van der Waals surface area contributed by atoms with Crippen molar-refractivity contribution >= 4 is 152 Å². The van der Waals surface area contributed by atoms with Crippen LogP contribution in [-0.4, -0.2) is 29.1 Å². The minimum absolute atomic E-state index is 0.117. The fraction of sp³-hybridized carbons (Fsp3) is 0.0291. The first-order valence-corrected chi connectivity index (χ1v) is 37.7. The summed E-state index contributed by atoms with van der Waals surface area (Å²) in [7, 11) is 0. The van der Waals surface area contributed by atoms with Gasteiger partial charge in [0, 0.05) is 81.8 Å². The van der Waals surface area contributed by atoms with Crippen LogP contribution in [0.4, 0.5) is 0 Å². The second-order valence-electron chi connectivity index (χ2n) is 30.0. The molecule has 23 aromatic rings. The van der Waals surface area contributed by atoms with Crippen LogP contribution in [0.15, 0.2) is 356 Å². The summed E-state index contributed by atoms with van der Waals surface area (Å²) in [5.74, 6) is 1.40. The molecule has 18 aromatic carbocycles. The predicted octanol–water partition coefficient (Wildman–Crippen LogP) is 27.2. The van der Waals surface area contributed by atoms with E-state index >= 15 is 0 Å². The van der Waals surface area contributed by atoms with E-state index < -0.39 is 0 Å². The van der Waals surface area contributed by atoms with Gasteiger partial charge in [0.05, 0.1) is 50.2 Å². The first kappa shape index (κ1) is 61.9. The zero-order valence-electron chi connectivity index (χ0n) is 60.1. The molecule has 1 aliphatic carbocycles. The van der Waals surface area contributed by atoms with Gasteiger partial charge in [0.2, 0.25) is 0 Å². The zero-order chi connectivity index (χ0) is 72.5. The molecule has 0 saturated carbocycles. The van der Waals surface area contributed by atoms with Crippen LogP contribution in [-0.2, 0) is 5.41 Å². The second kappa shape index (κ2) is 23.8. The van der Waals surface area contributed by atoms with Gasteiger partial charge in [0.15, 0.2) is 11.6 Å². The molecule has 5 aromatic heterocycles. The second-order valence-corrected chi connectivity index (χ2v) is 30.0. The van der Waals surface area contributed by atoms with E-state index in [1.54, 1.807) is 0 Å². The Bertz CT molecular complexity index is 7820. The van der Waals surface area contributed by atoms with Crippen LogP contribution in [0.25, 0.3) is 220 Å². The fourth-order valence-electron chi connectivity index (χ4n) is 18.2. The normalized spacial score (nSPS) is 12.7. The van der Waals surface area contributed by atoms with E-state index in [2.05, 4.69) is 351 Å². The van der Waals surface area contributed by atoms with E-state index in [0.717, 1.165) is 111 Å². The van der Waals surface area contributed by atoms with Crippen LogP contribution in [0.5, 0.6) is 0 Å². The molecule has 0 radical (unpaired) electrons. The van der Waals surface area contributed by atoms with E-state index in [-0.39, 0.29) is 5.41 Å². The summed E-state index contributed by atoms with van der Waals surface area (Å²) in [6, 6.07) is 127. The first-order valence-electron chi connectivity index (χ1n) is 37.7. The third kappa shape index (κ3) is 9.50. The van der Waals surface area contributed by atoms with Crippen LogP contribution in [0, 0.1) is 0 Å². The topological polar surface area (TPSA) is 74.6 Å². The quantitative estimate of drug-likeness (QED) is 0.166. The lowest BCUT2D eigenvalue weighted by Crippen LogP contribution is -2.15. The Morgan fingerprint density at radius 1 is 0.255 bits per heavy atom. The molecule has 7 heteroatoms. The maximum absolute atomic E-state index is 6.30. The van der Waals surface area contributed by atoms with Gasteiger partial charge in [-0.05, 0) is 185 Å². The Hall–Kier alpha value is -14.4. The Labute approximate surface area is 631 Å². The average Bonchev–Trinajstić information content (AvgIpc) is 1.34. The Balaban J connectivity index is 0.000000132. The van der Waals surface area contributed by atoms with Gasteiger partial charge in [-0.15, -0.1) is 0 Å². The largest absolute Gasteiger partial charge is 0.456 e. The molecule has 0 saturated heterocycles. The minimum Gasteiger partial charge on any atom is -0.456 e. The molecule has 110 heavy (non-hydrogen) atoms. The standard InChI is InChI=1S/C53H35N3.C50H29N3O/c1-53(2)45-21-11-9-19-40(45)41-24-23-37(28-46(41)53)52-54-47-22-12-10-20-42(47)51(55-52)38-25-36-17-7-8-18-39(36)48(31-38)56-49-29-34-15-5-3-13-32(34)26-43(49)44-27-33-14-4-6-16-35(33)30-50(44)56;1-2-13-32-27-45-42(26-31(32)12-1)48-37-16-6-3-11-30(37)22-24-44(48)53(45)35-25-33-14-4-5-15-36(33)41(29-35)49-40-18-7-9-19-43(40)51-50(52-49)34-21-23-39-38-17-8-10-20-46(38)54-47(39)28-34/h3-31H,1-2H3;1-29H. The Kier molecular flexibility index (Phi) is 13.4. The summed E-state index contributed by atoms with van der Waals surface area (Å²) in [4.78, 5) is 21.2. The summed E-state index contributed by atoms with van der Waals surface area (Å²) in [6.07, 6.45) is 0. The number of nitrogens with zero attached hydrogens (tertiary/aromatic N) is 6. The lowest BCUT2D eigenvalue weighted by atomic mass is 9.82. The molecule has 0 N–H and O–H groups in total. The SMILES string of the molecule is CC1(C)c2ccccc2-c2ccc(-c3nc(-c4cc(-n5c6cc7ccccc7cc6c6cc7ccccc7cc65)c5ccccc5c4)c4ccccc4n3)cc21.c1ccc2cc3c(cc2c1)c1c2ccccc2ccc1n3-c1cc(-c2nc(-c3ccc4c(c3)oc3ccccc34)nc3ccccc23)c2ccccc2c1. The van der Waals surface area contributed by atoms with Crippen molar-refractivity contribution in [1.29, 1.82) is 0 Å². The Morgan fingerprint density at radius 3 is 1.41 bits per heavy atom. The average molecular weight is 1400 g/mol. The van der Waals surface area contributed by atoms with Crippen LogP contribution in [0.2, 0.25) is 0 Å². The highest BCUT2D eigenvalue weighted by atomic mass is 16.3. The highest BCUT2D eigenvalue weighted by Gasteiger charge is 2.36. The number of rotatable bonds is 6. The fourth-order valence-corrected chi connectivity index (χ4v) is 18.2. The summed E-state index contributed by atoms with van der Waals surface area (Å²) in [6.45, 7) is 4.65. The van der Waals surface area contributed by atoms with Crippen LogP contribution >= 0.6 is 0 Å². The highest BCUT2D eigenvalue weighted by Crippen LogP contribution is 2.51. The number of hydrogen-bond acceptors (Lipinski definition) is 5. The zero-order valence-corrected chi connectivity index (χ0v) is 60.1. The number of aromatic nitrogens is 6. The van der Waals surface area contributed by atoms with E-state index in [0.29, 0.717) is 5.82 Å². The number of para-hydroxylation sites is 3. The summed E-state index contributed by atoms with van der Waals surface area (Å²) in [5.41, 5.74) is 21.5. The van der Waals surface area contributed by atoms with E-state index in [1.807, 2.05) is 24.3 Å². The lowest BCUT2D eigenvalue weighted by molar-refractivity contribution is 0.660. The number of furan rings is 1. The molecule has 0 aliphatic heterocycles. The van der Waals surface area contributed by atoms with Crippen molar-refractivity contribution in [2.24, 2.45) is 0 Å². The van der Waals surface area contributed by atoms with E-state index in [9.17, 15) is 0 Å². The molecule has 1 aliphatic rings. The van der Waals surface area contributed by atoms with Gasteiger partial charge < -0.3 is 13.6 Å². The smallest absolute Gasteiger partial charge is 0.160 e. The minimum atomic E-state index is -0.117. The van der Waals surface area contributed by atoms with E-state index in [1.165, 1.54) is 114 Å². The lowest BCUT2D eigenvalue weighted by Gasteiger charge is -2.22. The third-order valence-electron chi connectivity index (χ3n) is 23.4. The third-order valence-corrected chi connectivity index (χ3v) is 23.4. The van der Waals surface area contributed by atoms with Crippen LogP contribution in [0.3, 0.4) is 0 Å².